The molecule has 1 aliphatic rings. The largest absolute Gasteiger partial charge is 0.457 e. The maximum atomic E-state index is 12.5. The van der Waals surface area contributed by atoms with Crippen LogP contribution in [0.5, 0.6) is 11.5 Å². The van der Waals surface area contributed by atoms with Crippen molar-refractivity contribution in [3.8, 4) is 22.8 Å². The maximum Gasteiger partial charge on any atom is 0.248 e. The molecular weight excluding hydrogens is 527 g/mol. The molecule has 1 fully saturated rings. The van der Waals surface area contributed by atoms with Crippen molar-refractivity contribution in [3.05, 3.63) is 60.2 Å². The fourth-order valence-electron chi connectivity index (χ4n) is 4.43. The van der Waals surface area contributed by atoms with Crippen molar-refractivity contribution in [1.82, 2.24) is 14.7 Å². The molecule has 1 saturated heterocycles. The van der Waals surface area contributed by atoms with Gasteiger partial charge in [-0.15, -0.1) is 23.2 Å². The van der Waals surface area contributed by atoms with Gasteiger partial charge in [-0.3, -0.25) is 9.59 Å². The van der Waals surface area contributed by atoms with Crippen LogP contribution >= 0.6 is 23.2 Å². The number of halogens is 2. The van der Waals surface area contributed by atoms with Gasteiger partial charge in [0.15, 0.2) is 0 Å². The highest BCUT2D eigenvalue weighted by Gasteiger charge is 2.29. The number of nitrogens with zero attached hydrogens (tertiary/aromatic N) is 4. The second kappa shape index (κ2) is 12.8. The average molecular weight is 557 g/mol. The Morgan fingerprint density at radius 1 is 1.03 bits per heavy atom. The third-order valence-electron chi connectivity index (χ3n) is 6.27. The zero-order valence-corrected chi connectivity index (χ0v) is 22.4. The van der Waals surface area contributed by atoms with Gasteiger partial charge < -0.3 is 21.1 Å². The Hall–Kier alpha value is -3.56. The molecule has 1 atom stereocenters. The van der Waals surface area contributed by atoms with E-state index in [4.69, 9.17) is 44.5 Å². The standard InChI is InChI=1S/C27H30Cl2N6O3/c28-14-12-22(36)32-26(30)24-25(18-8-10-21(11-9-18)38-20-6-2-1-3-7-20)33-35(27(24)31)19-5-4-16-34(17-19)23(37)13-15-29/h1-3,6-11,19H,4-5,12-17,31H2,(H2,30,32,36)/t19-/m1/s1. The quantitative estimate of drug-likeness (QED) is 0.225. The van der Waals surface area contributed by atoms with E-state index in [0.717, 1.165) is 18.4 Å². The van der Waals surface area contributed by atoms with Crippen LogP contribution in [0.2, 0.25) is 0 Å². The molecule has 0 bridgehead atoms. The summed E-state index contributed by atoms with van der Waals surface area (Å²) in [4.78, 5) is 30.5. The molecule has 3 aromatic rings. The average Bonchev–Trinajstić information content (AvgIpc) is 3.27. The number of piperidine rings is 1. The van der Waals surface area contributed by atoms with E-state index >= 15 is 0 Å². The van der Waals surface area contributed by atoms with Crippen molar-refractivity contribution in [2.75, 3.05) is 30.6 Å². The number of nitrogen functional groups attached to an aromatic ring is 1. The number of carbonyl (C=O) groups excluding carboxylic acids is 2. The van der Waals surface area contributed by atoms with Crippen LogP contribution < -0.4 is 16.2 Å². The molecule has 2 heterocycles. The lowest BCUT2D eigenvalue weighted by Gasteiger charge is -2.33. The van der Waals surface area contributed by atoms with Gasteiger partial charge in [0.25, 0.3) is 0 Å². The zero-order chi connectivity index (χ0) is 27.1. The van der Waals surface area contributed by atoms with Crippen LogP contribution in [-0.2, 0) is 9.59 Å². The number of nitrogens with two attached hydrogens (primary N) is 2. The highest BCUT2D eigenvalue weighted by atomic mass is 35.5. The highest BCUT2D eigenvalue weighted by Crippen LogP contribution is 2.33. The number of aromatic nitrogens is 2. The summed E-state index contributed by atoms with van der Waals surface area (Å²) in [5, 5.41) is 4.82. The van der Waals surface area contributed by atoms with Gasteiger partial charge in [-0.1, -0.05) is 18.2 Å². The van der Waals surface area contributed by atoms with E-state index < -0.39 is 5.91 Å². The predicted molar refractivity (Wildman–Crippen MR) is 150 cm³/mol. The number of carbonyl (C=O) groups is 2. The molecule has 1 aliphatic heterocycles. The van der Waals surface area contributed by atoms with Gasteiger partial charge in [-0.25, -0.2) is 4.68 Å². The first kappa shape index (κ1) is 27.5. The number of hydrogen-bond acceptors (Lipinski definition) is 5. The minimum Gasteiger partial charge on any atom is -0.457 e. The van der Waals surface area contributed by atoms with Crippen LogP contribution in [0.3, 0.4) is 0 Å². The Balaban J connectivity index is 1.69. The Morgan fingerprint density at radius 3 is 2.39 bits per heavy atom. The summed E-state index contributed by atoms with van der Waals surface area (Å²) >= 11 is 11.5. The van der Waals surface area contributed by atoms with Crippen molar-refractivity contribution < 1.29 is 14.3 Å². The van der Waals surface area contributed by atoms with E-state index in [2.05, 4.69) is 4.99 Å². The Morgan fingerprint density at radius 2 is 1.71 bits per heavy atom. The molecule has 0 saturated carbocycles. The van der Waals surface area contributed by atoms with Crippen LogP contribution in [0.4, 0.5) is 5.82 Å². The zero-order valence-electron chi connectivity index (χ0n) is 20.9. The molecule has 200 valence electrons. The summed E-state index contributed by atoms with van der Waals surface area (Å²) in [6.45, 7) is 1.11. The second-order valence-corrected chi connectivity index (χ2v) is 9.65. The molecular formula is C27H30Cl2N6O3. The lowest BCUT2D eigenvalue weighted by Crippen LogP contribution is -2.41. The number of rotatable bonds is 9. The van der Waals surface area contributed by atoms with Crippen molar-refractivity contribution in [1.29, 1.82) is 0 Å². The summed E-state index contributed by atoms with van der Waals surface area (Å²) in [5.74, 6) is 1.56. The monoisotopic (exact) mass is 556 g/mol. The fraction of sp³-hybridized carbons (Fsp3) is 0.333. The van der Waals surface area contributed by atoms with Crippen molar-refractivity contribution >= 4 is 46.7 Å². The molecule has 2 aromatic carbocycles. The van der Waals surface area contributed by atoms with Crippen LogP contribution in [0.1, 0.15) is 37.3 Å². The number of para-hydroxylation sites is 1. The first-order valence-corrected chi connectivity index (χ1v) is 13.5. The minimum atomic E-state index is -0.447. The number of likely N-dealkylation sites (tertiary alicyclic amines) is 1. The van der Waals surface area contributed by atoms with Gasteiger partial charge >= 0.3 is 0 Å². The SMILES string of the molecule is NC(=NC(=O)CCCl)c1c(-c2ccc(Oc3ccccc3)cc2)nn([C@@H]2CCCN(C(=O)CCCl)C2)c1N. The lowest BCUT2D eigenvalue weighted by atomic mass is 10.0. The molecule has 1 aromatic heterocycles. The number of alkyl halides is 2. The summed E-state index contributed by atoms with van der Waals surface area (Å²) in [5.41, 5.74) is 14.5. The number of benzene rings is 2. The van der Waals surface area contributed by atoms with E-state index in [1.54, 1.807) is 9.58 Å². The molecule has 0 aliphatic carbocycles. The van der Waals surface area contributed by atoms with Gasteiger partial charge in [0.1, 0.15) is 28.8 Å². The van der Waals surface area contributed by atoms with Crippen LogP contribution in [0.15, 0.2) is 59.6 Å². The maximum absolute atomic E-state index is 12.5. The predicted octanol–water partition coefficient (Wildman–Crippen LogP) is 4.58. The van der Waals surface area contributed by atoms with Gasteiger partial charge in [-0.05, 0) is 49.2 Å². The number of amides is 2. The summed E-state index contributed by atoms with van der Waals surface area (Å²) in [6.07, 6.45) is 1.91. The van der Waals surface area contributed by atoms with E-state index in [9.17, 15) is 9.59 Å². The number of hydrogen-bond donors (Lipinski definition) is 2. The first-order valence-electron chi connectivity index (χ1n) is 12.4. The van der Waals surface area contributed by atoms with E-state index in [1.165, 1.54) is 0 Å². The van der Waals surface area contributed by atoms with Crippen LogP contribution in [-0.4, -0.2) is 57.2 Å². The normalized spacial score (nSPS) is 15.9. The van der Waals surface area contributed by atoms with E-state index in [-0.39, 0.29) is 48.2 Å². The molecule has 0 spiro atoms. The Labute approximate surface area is 231 Å². The van der Waals surface area contributed by atoms with E-state index in [1.807, 2.05) is 54.6 Å². The summed E-state index contributed by atoms with van der Waals surface area (Å²) in [7, 11) is 0. The molecule has 0 unspecified atom stereocenters. The molecule has 38 heavy (non-hydrogen) atoms. The molecule has 4 rings (SSSR count). The Kier molecular flexibility index (Phi) is 9.25. The summed E-state index contributed by atoms with van der Waals surface area (Å²) in [6, 6.07) is 16.6. The Bertz CT molecular complexity index is 1290. The van der Waals surface area contributed by atoms with Gasteiger partial charge in [-0.2, -0.15) is 10.1 Å². The van der Waals surface area contributed by atoms with Gasteiger partial charge in [0.2, 0.25) is 11.8 Å². The second-order valence-electron chi connectivity index (χ2n) is 8.90. The van der Waals surface area contributed by atoms with Gasteiger partial charge in [0, 0.05) is 43.3 Å². The van der Waals surface area contributed by atoms with E-state index in [0.29, 0.717) is 35.8 Å². The first-order chi connectivity index (χ1) is 18.4. The highest BCUT2D eigenvalue weighted by molar-refractivity contribution is 6.19. The molecule has 11 heteroatoms. The molecule has 9 nitrogen and oxygen atoms in total. The minimum absolute atomic E-state index is 0.00220. The number of aliphatic imine (C=N–C) groups is 1. The van der Waals surface area contributed by atoms with Crippen molar-refractivity contribution in [2.24, 2.45) is 10.7 Å². The fourth-order valence-corrected chi connectivity index (χ4v) is 4.76. The summed E-state index contributed by atoms with van der Waals surface area (Å²) < 4.78 is 7.59. The number of anilines is 1. The molecule has 4 N–H and O–H groups in total. The molecule has 2 amide bonds. The topological polar surface area (TPSA) is 129 Å². The third kappa shape index (κ3) is 6.46. The lowest BCUT2D eigenvalue weighted by molar-refractivity contribution is -0.132. The molecule has 0 radical (unpaired) electrons. The number of amidine groups is 1. The number of ether oxygens (including phenoxy) is 1. The van der Waals surface area contributed by atoms with Crippen molar-refractivity contribution in [3.63, 3.8) is 0 Å². The third-order valence-corrected chi connectivity index (χ3v) is 6.65. The smallest absolute Gasteiger partial charge is 0.248 e. The van der Waals surface area contributed by atoms with Crippen molar-refractivity contribution in [2.45, 2.75) is 31.7 Å². The van der Waals surface area contributed by atoms with Crippen LogP contribution in [0, 0.1) is 0 Å². The van der Waals surface area contributed by atoms with Gasteiger partial charge in [0.05, 0.1) is 11.6 Å². The van der Waals surface area contributed by atoms with Crippen LogP contribution in [0.25, 0.3) is 11.3 Å².